The van der Waals surface area contributed by atoms with Crippen LogP contribution in [0.1, 0.15) is 17.4 Å². The highest BCUT2D eigenvalue weighted by Crippen LogP contribution is 2.48. The number of aromatic nitrogens is 2. The van der Waals surface area contributed by atoms with Crippen LogP contribution in [0.2, 0.25) is 0 Å². The molecule has 0 saturated carbocycles. The molecule has 2 bridgehead atoms. The SMILES string of the molecule is Cc1cn([C@@H]2O[C@@]3(CO)CN(C(=O)C(F)(F)F)[C@@H]2[C@H]3OCc2ccccc2)c(=O)[nH]c1=O. The first-order valence-corrected chi connectivity index (χ1v) is 9.71. The second-order valence-electron chi connectivity index (χ2n) is 7.85. The van der Waals surface area contributed by atoms with E-state index in [0.29, 0.717) is 10.5 Å². The molecule has 1 aromatic carbocycles. The maximum atomic E-state index is 13.3. The van der Waals surface area contributed by atoms with Gasteiger partial charge >= 0.3 is 17.8 Å². The molecule has 9 nitrogen and oxygen atoms in total. The zero-order valence-electron chi connectivity index (χ0n) is 16.8. The molecule has 12 heteroatoms. The van der Waals surface area contributed by atoms with Crippen LogP contribution in [0.25, 0.3) is 0 Å². The van der Waals surface area contributed by atoms with Crippen molar-refractivity contribution in [2.75, 3.05) is 13.2 Å². The normalized spacial score (nSPS) is 27.2. The Kier molecular flexibility index (Phi) is 5.47. The van der Waals surface area contributed by atoms with Crippen LogP contribution < -0.4 is 11.2 Å². The van der Waals surface area contributed by atoms with Crippen molar-refractivity contribution in [2.24, 2.45) is 0 Å². The number of aliphatic hydroxyl groups excluding tert-OH is 1. The summed E-state index contributed by atoms with van der Waals surface area (Å²) in [6.07, 6.45) is -6.61. The molecule has 1 amide bonds. The molecule has 2 aromatic rings. The molecule has 32 heavy (non-hydrogen) atoms. The second kappa shape index (κ2) is 7.87. The number of aliphatic hydroxyl groups is 1. The molecule has 1 aromatic heterocycles. The second-order valence-corrected chi connectivity index (χ2v) is 7.85. The van der Waals surface area contributed by atoms with Crippen LogP contribution in [0.15, 0.2) is 46.1 Å². The van der Waals surface area contributed by atoms with Gasteiger partial charge in [-0.3, -0.25) is 19.1 Å². The molecule has 4 rings (SSSR count). The zero-order valence-corrected chi connectivity index (χ0v) is 16.8. The fourth-order valence-corrected chi connectivity index (χ4v) is 4.23. The van der Waals surface area contributed by atoms with E-state index in [4.69, 9.17) is 9.47 Å². The molecule has 4 atom stereocenters. The molecule has 0 aliphatic carbocycles. The van der Waals surface area contributed by atoms with Crippen LogP contribution in [0.3, 0.4) is 0 Å². The van der Waals surface area contributed by atoms with E-state index in [1.807, 2.05) is 0 Å². The maximum absolute atomic E-state index is 13.3. The standard InChI is InChI=1S/C20H20F3N3O6/c1-11-7-25(18(30)24-15(11)28)16-13-14(31-8-12-5-3-2-4-6-12)19(10-27,32-16)9-26(13)17(29)20(21,22)23/h2-7,13-14,16,27H,8-10H2,1H3,(H,24,28,30)/t13-,14-,16-,19-/m1/s1. The third kappa shape index (κ3) is 3.63. The molecular weight excluding hydrogens is 435 g/mol. The van der Waals surface area contributed by atoms with E-state index >= 15 is 0 Å². The van der Waals surface area contributed by atoms with Gasteiger partial charge in [-0.1, -0.05) is 30.3 Å². The molecule has 0 unspecified atom stereocenters. The Morgan fingerprint density at radius 2 is 2.00 bits per heavy atom. The number of H-pyrrole nitrogens is 1. The Morgan fingerprint density at radius 3 is 2.62 bits per heavy atom. The third-order valence-electron chi connectivity index (χ3n) is 5.74. The van der Waals surface area contributed by atoms with Gasteiger partial charge in [-0.25, -0.2) is 4.79 Å². The summed E-state index contributed by atoms with van der Waals surface area (Å²) in [7, 11) is 0. The van der Waals surface area contributed by atoms with Crippen LogP contribution in [0, 0.1) is 6.92 Å². The lowest BCUT2D eigenvalue weighted by molar-refractivity contribution is -0.202. The van der Waals surface area contributed by atoms with E-state index in [9.17, 15) is 32.7 Å². The number of nitrogens with zero attached hydrogens (tertiary/aromatic N) is 2. The van der Waals surface area contributed by atoms with E-state index in [1.54, 1.807) is 30.3 Å². The van der Waals surface area contributed by atoms with Crippen molar-refractivity contribution in [3.63, 3.8) is 0 Å². The summed E-state index contributed by atoms with van der Waals surface area (Å²) in [5.74, 6) is -2.13. The predicted octanol–water partition coefficient (Wildman–Crippen LogP) is 0.463. The average Bonchev–Trinajstić information content (AvgIpc) is 3.24. The van der Waals surface area contributed by atoms with Gasteiger partial charge in [-0.05, 0) is 12.5 Å². The number of alkyl halides is 3. The lowest BCUT2D eigenvalue weighted by atomic mass is 10.00. The van der Waals surface area contributed by atoms with Gasteiger partial charge in [-0.15, -0.1) is 0 Å². The minimum atomic E-state index is -5.18. The number of amides is 1. The van der Waals surface area contributed by atoms with Gasteiger partial charge in [0.1, 0.15) is 17.7 Å². The number of carbonyl (C=O) groups is 1. The largest absolute Gasteiger partial charge is 0.471 e. The first-order valence-electron chi connectivity index (χ1n) is 9.71. The van der Waals surface area contributed by atoms with Gasteiger partial charge < -0.3 is 19.5 Å². The quantitative estimate of drug-likeness (QED) is 0.678. The highest BCUT2D eigenvalue weighted by Gasteiger charge is 2.68. The van der Waals surface area contributed by atoms with Crippen molar-refractivity contribution >= 4 is 5.91 Å². The summed E-state index contributed by atoms with van der Waals surface area (Å²) >= 11 is 0. The number of likely N-dealkylation sites (tertiary alicyclic amines) is 1. The fourth-order valence-electron chi connectivity index (χ4n) is 4.23. The van der Waals surface area contributed by atoms with Crippen LogP contribution >= 0.6 is 0 Å². The maximum Gasteiger partial charge on any atom is 0.471 e. The molecule has 2 fully saturated rings. The molecule has 2 saturated heterocycles. The first kappa shape index (κ1) is 22.2. The Balaban J connectivity index is 1.76. The Bertz CT molecular complexity index is 1130. The Hall–Kier alpha value is -2.96. The van der Waals surface area contributed by atoms with Gasteiger partial charge in [0.05, 0.1) is 19.8 Å². The van der Waals surface area contributed by atoms with Gasteiger partial charge in [0.25, 0.3) is 5.56 Å². The topological polar surface area (TPSA) is 114 Å². The number of ether oxygens (including phenoxy) is 2. The fraction of sp³-hybridized carbons (Fsp3) is 0.450. The molecule has 2 N–H and O–H groups in total. The molecule has 2 aliphatic heterocycles. The van der Waals surface area contributed by atoms with E-state index in [-0.39, 0.29) is 12.2 Å². The van der Waals surface area contributed by atoms with Crippen molar-refractivity contribution in [3.05, 3.63) is 68.5 Å². The number of benzene rings is 1. The van der Waals surface area contributed by atoms with Crippen molar-refractivity contribution in [1.82, 2.24) is 14.5 Å². The smallest absolute Gasteiger partial charge is 0.393 e. The van der Waals surface area contributed by atoms with Gasteiger partial charge in [0.15, 0.2) is 6.23 Å². The van der Waals surface area contributed by atoms with E-state index in [1.165, 1.54) is 6.92 Å². The molecule has 2 aliphatic rings. The third-order valence-corrected chi connectivity index (χ3v) is 5.74. The lowest BCUT2D eigenvalue weighted by Gasteiger charge is -2.36. The zero-order chi connectivity index (χ0) is 23.3. The summed E-state index contributed by atoms with van der Waals surface area (Å²) in [5.41, 5.74) is -2.44. The number of rotatable bonds is 5. The summed E-state index contributed by atoms with van der Waals surface area (Å²) in [4.78, 5) is 38.9. The summed E-state index contributed by atoms with van der Waals surface area (Å²) in [6, 6.07) is 7.41. The van der Waals surface area contributed by atoms with Crippen molar-refractivity contribution < 1.29 is 32.5 Å². The number of aryl methyl sites for hydroxylation is 1. The monoisotopic (exact) mass is 455 g/mol. The number of carbonyl (C=O) groups excluding carboxylic acids is 1. The van der Waals surface area contributed by atoms with E-state index in [0.717, 1.165) is 10.8 Å². The van der Waals surface area contributed by atoms with Gasteiger partial charge in [0, 0.05) is 11.8 Å². The van der Waals surface area contributed by atoms with Crippen LogP contribution in [0.4, 0.5) is 13.2 Å². The number of aromatic amines is 1. The van der Waals surface area contributed by atoms with Gasteiger partial charge in [0.2, 0.25) is 0 Å². The van der Waals surface area contributed by atoms with E-state index < -0.39 is 60.5 Å². The first-order chi connectivity index (χ1) is 15.1. The summed E-state index contributed by atoms with van der Waals surface area (Å²) < 4.78 is 52.6. The molecular formula is C20H20F3N3O6. The molecule has 3 heterocycles. The predicted molar refractivity (Wildman–Crippen MR) is 103 cm³/mol. The molecule has 0 spiro atoms. The highest BCUT2D eigenvalue weighted by molar-refractivity contribution is 5.83. The number of nitrogens with one attached hydrogen (secondary N) is 1. The van der Waals surface area contributed by atoms with Crippen LogP contribution in [0.5, 0.6) is 0 Å². The number of fused-ring (bicyclic) bond motifs is 2. The summed E-state index contributed by atoms with van der Waals surface area (Å²) in [5, 5.41) is 10.1. The minimum absolute atomic E-state index is 0.0204. The minimum Gasteiger partial charge on any atom is -0.393 e. The number of halogens is 3. The highest BCUT2D eigenvalue weighted by atomic mass is 19.4. The molecule has 0 radical (unpaired) electrons. The van der Waals surface area contributed by atoms with Crippen molar-refractivity contribution in [1.29, 1.82) is 0 Å². The van der Waals surface area contributed by atoms with Crippen LogP contribution in [-0.4, -0.2) is 62.5 Å². The van der Waals surface area contributed by atoms with E-state index in [2.05, 4.69) is 4.98 Å². The van der Waals surface area contributed by atoms with Gasteiger partial charge in [-0.2, -0.15) is 13.2 Å². The van der Waals surface area contributed by atoms with Crippen LogP contribution in [-0.2, 0) is 20.9 Å². The number of morpholine rings is 1. The molecule has 172 valence electrons. The summed E-state index contributed by atoms with van der Waals surface area (Å²) in [6.45, 7) is 0.0664. The lowest BCUT2D eigenvalue weighted by Crippen LogP contribution is -2.54. The Labute approximate surface area is 179 Å². The number of hydrogen-bond donors (Lipinski definition) is 2. The number of hydrogen-bond acceptors (Lipinski definition) is 6. The average molecular weight is 455 g/mol. The van der Waals surface area contributed by atoms with Crippen molar-refractivity contribution in [2.45, 2.75) is 43.7 Å². The van der Waals surface area contributed by atoms with Crippen molar-refractivity contribution in [3.8, 4) is 0 Å². The Morgan fingerprint density at radius 1 is 1.31 bits per heavy atom.